The number of aliphatic imine (C=N–C) groups is 1. The van der Waals surface area contributed by atoms with Gasteiger partial charge in [0.25, 0.3) is 0 Å². The van der Waals surface area contributed by atoms with Gasteiger partial charge < -0.3 is 15.2 Å². The zero-order valence-corrected chi connectivity index (χ0v) is 12.6. The van der Waals surface area contributed by atoms with Crippen molar-refractivity contribution in [3.8, 4) is 0 Å². The minimum Gasteiger partial charge on any atom is -0.352 e. The zero-order valence-electron chi connectivity index (χ0n) is 12.6. The fraction of sp³-hybridized carbons (Fsp3) is 0.750. The molecule has 7 nitrogen and oxygen atoms in total. The zero-order chi connectivity index (χ0) is 16.2. The van der Waals surface area contributed by atoms with Crippen LogP contribution in [0.15, 0.2) is 11.3 Å². The van der Waals surface area contributed by atoms with E-state index in [1.807, 2.05) is 7.05 Å². The molecule has 0 radical (unpaired) electrons. The molecule has 0 aliphatic carbocycles. The molecule has 2 rings (SSSR count). The van der Waals surface area contributed by atoms with Crippen molar-refractivity contribution in [3.05, 3.63) is 12.2 Å². The maximum absolute atomic E-state index is 12.4. The van der Waals surface area contributed by atoms with Crippen molar-refractivity contribution in [1.29, 1.82) is 0 Å². The smallest absolute Gasteiger partial charge is 0.352 e. The third-order valence-corrected chi connectivity index (χ3v) is 3.46. The molecule has 1 aliphatic heterocycles. The fourth-order valence-corrected chi connectivity index (χ4v) is 2.37. The minimum atomic E-state index is -4.15. The first-order valence-corrected chi connectivity index (χ1v) is 6.96. The third kappa shape index (κ3) is 4.86. The summed E-state index contributed by atoms with van der Waals surface area (Å²) in [7, 11) is 3.45. The van der Waals surface area contributed by atoms with Gasteiger partial charge in [0.15, 0.2) is 11.8 Å². The van der Waals surface area contributed by atoms with Gasteiger partial charge in [-0.1, -0.05) is 0 Å². The Labute approximate surface area is 126 Å². The van der Waals surface area contributed by atoms with Gasteiger partial charge in [-0.25, -0.2) is 0 Å². The van der Waals surface area contributed by atoms with Crippen LogP contribution in [0, 0.1) is 0 Å². The van der Waals surface area contributed by atoms with E-state index in [4.69, 9.17) is 0 Å². The van der Waals surface area contributed by atoms with Gasteiger partial charge >= 0.3 is 6.18 Å². The lowest BCUT2D eigenvalue weighted by molar-refractivity contribution is -0.143. The lowest BCUT2D eigenvalue weighted by Gasteiger charge is -2.19. The summed E-state index contributed by atoms with van der Waals surface area (Å²) in [5, 5.41) is 13.9. The Bertz CT molecular complexity index is 511. The van der Waals surface area contributed by atoms with Gasteiger partial charge in [0.2, 0.25) is 0 Å². The fourth-order valence-electron chi connectivity index (χ4n) is 2.37. The standard InChI is InChI=1S/C12H20F3N7/c1-16-11(17-5-10-20-18-8-21(10)2)19-9-3-4-22(6-9)7-12(13,14)15/h8-9H,3-7H2,1-2H3,(H2,16,17,19). The number of rotatable bonds is 4. The van der Waals surface area contributed by atoms with Crippen molar-refractivity contribution in [3.63, 3.8) is 0 Å². The summed E-state index contributed by atoms with van der Waals surface area (Å²) >= 11 is 0. The maximum Gasteiger partial charge on any atom is 0.401 e. The molecule has 2 N–H and O–H groups in total. The lowest BCUT2D eigenvalue weighted by Crippen LogP contribution is -2.45. The molecule has 2 heterocycles. The predicted molar refractivity (Wildman–Crippen MR) is 75.2 cm³/mol. The highest BCUT2D eigenvalue weighted by Gasteiger charge is 2.34. The second-order valence-corrected chi connectivity index (χ2v) is 5.26. The normalized spacial score (nSPS) is 20.4. The monoisotopic (exact) mass is 319 g/mol. The SMILES string of the molecule is CN=C(NCc1nncn1C)NC1CCN(CC(F)(F)F)C1. The number of aromatic nitrogens is 3. The Morgan fingerprint density at radius 2 is 2.27 bits per heavy atom. The van der Waals surface area contributed by atoms with Crippen molar-refractivity contribution in [2.24, 2.45) is 12.0 Å². The molecule has 1 aromatic rings. The van der Waals surface area contributed by atoms with Crippen LogP contribution in [0.3, 0.4) is 0 Å². The van der Waals surface area contributed by atoms with Gasteiger partial charge in [0, 0.05) is 33.2 Å². The molecular weight excluding hydrogens is 299 g/mol. The summed E-state index contributed by atoms with van der Waals surface area (Å²) in [5.74, 6) is 1.29. The van der Waals surface area contributed by atoms with Crippen LogP contribution in [0.4, 0.5) is 13.2 Å². The third-order valence-electron chi connectivity index (χ3n) is 3.46. The molecule has 0 aromatic carbocycles. The van der Waals surface area contributed by atoms with E-state index in [9.17, 15) is 13.2 Å². The van der Waals surface area contributed by atoms with E-state index < -0.39 is 12.7 Å². The number of hydrogen-bond donors (Lipinski definition) is 2. The highest BCUT2D eigenvalue weighted by molar-refractivity contribution is 5.79. The van der Waals surface area contributed by atoms with Crippen LogP contribution in [0.1, 0.15) is 12.2 Å². The van der Waals surface area contributed by atoms with Crippen molar-refractivity contribution < 1.29 is 13.2 Å². The largest absolute Gasteiger partial charge is 0.401 e. The van der Waals surface area contributed by atoms with Crippen LogP contribution in [-0.2, 0) is 13.6 Å². The summed E-state index contributed by atoms with van der Waals surface area (Å²) < 4.78 is 38.9. The molecule has 0 spiro atoms. The number of nitrogens with one attached hydrogen (secondary N) is 2. The molecule has 1 aliphatic rings. The first-order chi connectivity index (χ1) is 10.4. The first kappa shape index (κ1) is 16.5. The quantitative estimate of drug-likeness (QED) is 0.609. The summed E-state index contributed by atoms with van der Waals surface area (Å²) in [4.78, 5) is 5.47. The van der Waals surface area contributed by atoms with Crippen LogP contribution in [0.25, 0.3) is 0 Å². The van der Waals surface area contributed by atoms with Crippen molar-refractivity contribution in [1.82, 2.24) is 30.3 Å². The molecule has 0 amide bonds. The van der Waals surface area contributed by atoms with Gasteiger partial charge in [0.05, 0.1) is 13.1 Å². The molecule has 1 fully saturated rings. The predicted octanol–water partition coefficient (Wildman–Crippen LogP) is 0.117. The molecule has 124 valence electrons. The van der Waals surface area contributed by atoms with Crippen LogP contribution in [0.5, 0.6) is 0 Å². The van der Waals surface area contributed by atoms with E-state index >= 15 is 0 Å². The second kappa shape index (κ2) is 6.95. The summed E-state index contributed by atoms with van der Waals surface area (Å²) in [6, 6.07) is -0.0481. The number of guanidine groups is 1. The van der Waals surface area contributed by atoms with Crippen LogP contribution >= 0.6 is 0 Å². The van der Waals surface area contributed by atoms with Crippen molar-refractivity contribution in [2.45, 2.75) is 25.2 Å². The number of halogens is 3. The molecule has 1 saturated heterocycles. The van der Waals surface area contributed by atoms with Gasteiger partial charge in [-0.3, -0.25) is 9.89 Å². The van der Waals surface area contributed by atoms with E-state index in [1.165, 1.54) is 4.90 Å². The summed E-state index contributed by atoms with van der Waals surface area (Å²) in [5.41, 5.74) is 0. The molecule has 0 saturated carbocycles. The highest BCUT2D eigenvalue weighted by Crippen LogP contribution is 2.19. The topological polar surface area (TPSA) is 70.4 Å². The highest BCUT2D eigenvalue weighted by atomic mass is 19.4. The van der Waals surface area contributed by atoms with Crippen molar-refractivity contribution in [2.75, 3.05) is 26.7 Å². The lowest BCUT2D eigenvalue weighted by atomic mass is 10.3. The number of likely N-dealkylation sites (tertiary alicyclic amines) is 1. The first-order valence-electron chi connectivity index (χ1n) is 6.96. The maximum atomic E-state index is 12.4. The Morgan fingerprint density at radius 1 is 1.50 bits per heavy atom. The van der Waals surface area contributed by atoms with E-state index in [1.54, 1.807) is 17.9 Å². The number of alkyl halides is 3. The van der Waals surface area contributed by atoms with Gasteiger partial charge in [-0.05, 0) is 6.42 Å². The van der Waals surface area contributed by atoms with Gasteiger partial charge in [-0.2, -0.15) is 13.2 Å². The molecule has 0 bridgehead atoms. The minimum absolute atomic E-state index is 0.0481. The average Bonchev–Trinajstić information content (AvgIpc) is 3.02. The molecule has 22 heavy (non-hydrogen) atoms. The Kier molecular flexibility index (Phi) is 5.22. The van der Waals surface area contributed by atoms with Gasteiger partial charge in [0.1, 0.15) is 6.33 Å². The Morgan fingerprint density at radius 3 is 2.86 bits per heavy atom. The second-order valence-electron chi connectivity index (χ2n) is 5.26. The Hall–Kier alpha value is -1.84. The van der Waals surface area contributed by atoms with E-state index in [0.29, 0.717) is 32.0 Å². The van der Waals surface area contributed by atoms with E-state index in [-0.39, 0.29) is 6.04 Å². The number of hydrogen-bond acceptors (Lipinski definition) is 4. The molecule has 1 unspecified atom stereocenters. The van der Waals surface area contributed by atoms with Crippen LogP contribution in [0.2, 0.25) is 0 Å². The van der Waals surface area contributed by atoms with Crippen molar-refractivity contribution >= 4 is 5.96 Å². The molecule has 10 heteroatoms. The van der Waals surface area contributed by atoms with E-state index in [2.05, 4.69) is 25.8 Å². The van der Waals surface area contributed by atoms with E-state index in [0.717, 1.165) is 5.82 Å². The summed E-state index contributed by atoms with van der Waals surface area (Å²) in [6.07, 6.45) is -1.90. The average molecular weight is 319 g/mol. The van der Waals surface area contributed by atoms with Crippen LogP contribution < -0.4 is 10.6 Å². The molecule has 1 aromatic heterocycles. The Balaban J connectivity index is 1.78. The van der Waals surface area contributed by atoms with Gasteiger partial charge in [-0.15, -0.1) is 10.2 Å². The molecular formula is C12H20F3N7. The molecule has 1 atom stereocenters. The summed E-state index contributed by atoms with van der Waals surface area (Å²) in [6.45, 7) is 0.354. The number of nitrogens with zero attached hydrogens (tertiary/aromatic N) is 5. The van der Waals surface area contributed by atoms with Crippen LogP contribution in [-0.4, -0.2) is 64.5 Å². The number of aryl methyl sites for hydroxylation is 1.